The van der Waals surface area contributed by atoms with Crippen LogP contribution in [-0.4, -0.2) is 59.1 Å². The highest BCUT2D eigenvalue weighted by molar-refractivity contribution is 6.34. The van der Waals surface area contributed by atoms with Crippen molar-refractivity contribution < 1.29 is 24.6 Å². The van der Waals surface area contributed by atoms with Crippen LogP contribution in [0.5, 0.6) is 0 Å². The maximum atomic E-state index is 13.0. The number of rotatable bonds is 7. The molecule has 1 heterocycles. The number of aryl methyl sites for hydroxylation is 1. The molecule has 156 valence electrons. The summed E-state index contributed by atoms with van der Waals surface area (Å²) >= 11 is 0. The van der Waals surface area contributed by atoms with Crippen LogP contribution in [-0.2, 0) is 9.59 Å². The third-order valence-corrected chi connectivity index (χ3v) is 5.13. The molecule has 0 spiro atoms. The summed E-state index contributed by atoms with van der Waals surface area (Å²) in [5, 5.41) is 18.4. The fourth-order valence-corrected chi connectivity index (χ4v) is 3.59. The normalized spacial score (nSPS) is 14.8. The molecule has 7 heteroatoms. The Hall–Kier alpha value is -3.45. The molecule has 3 rings (SSSR count). The first kappa shape index (κ1) is 21.3. The molecule has 2 N–H and O–H groups in total. The van der Waals surface area contributed by atoms with Gasteiger partial charge in [0.2, 0.25) is 0 Å². The van der Waals surface area contributed by atoms with Crippen LogP contribution in [0.1, 0.15) is 34.0 Å². The van der Waals surface area contributed by atoms with Crippen molar-refractivity contribution in [1.82, 2.24) is 4.90 Å². The lowest BCUT2D eigenvalue weighted by Gasteiger charge is -2.27. The average molecular weight is 408 g/mol. The number of carbonyl (C=O) groups excluding carboxylic acids is 2. The summed E-state index contributed by atoms with van der Waals surface area (Å²) in [6, 6.07) is 12.5. The lowest BCUT2D eigenvalue weighted by atomic mass is 9.91. The van der Waals surface area contributed by atoms with Crippen LogP contribution in [0.15, 0.2) is 42.5 Å². The van der Waals surface area contributed by atoms with Crippen LogP contribution in [0.2, 0.25) is 0 Å². The molecule has 7 nitrogen and oxygen atoms in total. The van der Waals surface area contributed by atoms with E-state index in [1.807, 2.05) is 36.9 Å². The molecule has 2 amide bonds. The number of hydrogen-bond acceptors (Lipinski definition) is 5. The fourth-order valence-electron chi connectivity index (χ4n) is 3.59. The molecule has 0 atom stereocenters. The maximum Gasteiger partial charge on any atom is 0.323 e. The smallest absolute Gasteiger partial charge is 0.323 e. The van der Waals surface area contributed by atoms with Gasteiger partial charge in [0.05, 0.1) is 6.61 Å². The third kappa shape index (κ3) is 4.11. The Morgan fingerprint density at radius 3 is 2.40 bits per heavy atom. The van der Waals surface area contributed by atoms with E-state index in [1.54, 1.807) is 30.3 Å². The van der Waals surface area contributed by atoms with Crippen molar-refractivity contribution in [3.63, 3.8) is 0 Å². The number of carbonyl (C=O) groups is 3. The van der Waals surface area contributed by atoms with Gasteiger partial charge in [0, 0.05) is 29.9 Å². The van der Waals surface area contributed by atoms with Crippen LogP contribution in [0, 0.1) is 6.92 Å². The molecule has 0 aliphatic carbocycles. The monoisotopic (exact) mass is 408 g/mol. The van der Waals surface area contributed by atoms with E-state index in [-0.39, 0.29) is 12.2 Å². The number of imide groups is 1. The van der Waals surface area contributed by atoms with Gasteiger partial charge in [-0.25, -0.2) is 0 Å². The topological polar surface area (TPSA) is 98.2 Å². The van der Waals surface area contributed by atoms with Gasteiger partial charge in [-0.05, 0) is 54.8 Å². The number of hydrogen-bond donors (Lipinski definition) is 2. The minimum Gasteiger partial charge on any atom is -0.480 e. The first-order chi connectivity index (χ1) is 14.4. The molecule has 1 aliphatic heterocycles. The highest BCUT2D eigenvalue weighted by atomic mass is 16.4. The lowest BCUT2D eigenvalue weighted by molar-refractivity contribution is -0.141. The van der Waals surface area contributed by atoms with Crippen molar-refractivity contribution in [3.8, 4) is 0 Å². The summed E-state index contributed by atoms with van der Waals surface area (Å²) in [6.45, 7) is 4.56. The quantitative estimate of drug-likeness (QED) is 0.539. The van der Waals surface area contributed by atoms with Crippen LogP contribution in [0.3, 0.4) is 0 Å². The van der Waals surface area contributed by atoms with Gasteiger partial charge in [-0.15, -0.1) is 0 Å². The molecular weight excluding hydrogens is 384 g/mol. The number of anilines is 1. The van der Waals surface area contributed by atoms with E-state index < -0.39 is 24.3 Å². The molecule has 30 heavy (non-hydrogen) atoms. The summed E-state index contributed by atoms with van der Waals surface area (Å²) in [4.78, 5) is 39.6. The maximum absolute atomic E-state index is 13.0. The molecule has 0 radical (unpaired) electrons. The second-order valence-corrected chi connectivity index (χ2v) is 7.04. The molecule has 0 bridgehead atoms. The second-order valence-electron chi connectivity index (χ2n) is 7.04. The average Bonchev–Trinajstić information content (AvgIpc) is 2.73. The number of aliphatic hydroxyl groups excluding tert-OH is 1. The minimum atomic E-state index is -1.25. The van der Waals surface area contributed by atoms with Crippen molar-refractivity contribution >= 4 is 35.1 Å². The predicted molar refractivity (Wildman–Crippen MR) is 114 cm³/mol. The number of nitrogens with zero attached hydrogens (tertiary/aromatic N) is 2. The van der Waals surface area contributed by atoms with Crippen LogP contribution in [0.4, 0.5) is 5.69 Å². The Labute approximate surface area is 174 Å². The summed E-state index contributed by atoms with van der Waals surface area (Å²) < 4.78 is 0. The highest BCUT2D eigenvalue weighted by Crippen LogP contribution is 2.31. The molecule has 0 saturated carbocycles. The molecule has 2 aromatic carbocycles. The zero-order chi connectivity index (χ0) is 21.8. The van der Waals surface area contributed by atoms with Gasteiger partial charge in [-0.2, -0.15) is 0 Å². The number of aliphatic hydroxyl groups is 1. The van der Waals surface area contributed by atoms with Crippen molar-refractivity contribution in [2.75, 3.05) is 31.1 Å². The van der Waals surface area contributed by atoms with E-state index in [1.165, 1.54) is 0 Å². The van der Waals surface area contributed by atoms with Crippen molar-refractivity contribution in [2.45, 2.75) is 13.8 Å². The van der Waals surface area contributed by atoms with Gasteiger partial charge in [-0.1, -0.05) is 24.3 Å². The van der Waals surface area contributed by atoms with E-state index in [0.717, 1.165) is 28.3 Å². The fraction of sp³-hybridized carbons (Fsp3) is 0.261. The molecule has 1 aliphatic rings. The Kier molecular flexibility index (Phi) is 6.32. The Morgan fingerprint density at radius 2 is 1.80 bits per heavy atom. The predicted octanol–water partition coefficient (Wildman–Crippen LogP) is 2.42. The highest BCUT2D eigenvalue weighted by Gasteiger charge is 2.35. The van der Waals surface area contributed by atoms with Gasteiger partial charge in [0.15, 0.2) is 0 Å². The van der Waals surface area contributed by atoms with Gasteiger partial charge >= 0.3 is 5.97 Å². The van der Waals surface area contributed by atoms with Crippen LogP contribution in [0.25, 0.3) is 11.6 Å². The number of benzene rings is 2. The number of carboxylic acids is 1. The Bertz CT molecular complexity index is 1030. The summed E-state index contributed by atoms with van der Waals surface area (Å²) in [5.41, 5.74) is 3.76. The Balaban J connectivity index is 2.07. The minimum absolute atomic E-state index is 0.0530. The van der Waals surface area contributed by atoms with Crippen molar-refractivity contribution in [1.29, 1.82) is 0 Å². The van der Waals surface area contributed by atoms with Crippen LogP contribution >= 0.6 is 0 Å². The Morgan fingerprint density at radius 1 is 1.10 bits per heavy atom. The van der Waals surface area contributed by atoms with E-state index in [9.17, 15) is 19.5 Å². The number of fused-ring (bicyclic) bond motifs is 1. The number of aliphatic carboxylic acids is 1. The third-order valence-electron chi connectivity index (χ3n) is 5.13. The van der Waals surface area contributed by atoms with Gasteiger partial charge < -0.3 is 15.1 Å². The molecular formula is C23H24N2O5. The summed E-state index contributed by atoms with van der Waals surface area (Å²) in [7, 11) is 0. The van der Waals surface area contributed by atoms with Gasteiger partial charge in [-0.3, -0.25) is 19.3 Å². The van der Waals surface area contributed by atoms with E-state index in [4.69, 9.17) is 5.11 Å². The van der Waals surface area contributed by atoms with E-state index in [0.29, 0.717) is 17.7 Å². The molecule has 0 unspecified atom stereocenters. The number of carboxylic acid groups (broad SMARTS) is 1. The standard InChI is InChI=1S/C23H24N2O5/c1-3-24(10-11-26)17-9-8-16(15(2)12-17)13-20-18-6-4-5-7-19(18)22(29)25(23(20)30)14-21(27)28/h4-9,12-13,26H,3,10-11,14H2,1-2H3,(H,27,28)/b20-13-. The summed E-state index contributed by atoms with van der Waals surface area (Å²) in [6.07, 6.45) is 1.70. The SMILES string of the molecule is CCN(CCO)c1ccc(/C=C2\C(=O)N(CC(=O)O)C(=O)c3ccccc32)c(C)c1. The summed E-state index contributed by atoms with van der Waals surface area (Å²) in [5.74, 6) is -2.48. The first-order valence-electron chi connectivity index (χ1n) is 9.73. The molecule has 0 fully saturated rings. The van der Waals surface area contributed by atoms with Gasteiger partial charge in [0.25, 0.3) is 11.8 Å². The van der Waals surface area contributed by atoms with Crippen molar-refractivity contribution in [3.05, 3.63) is 64.7 Å². The van der Waals surface area contributed by atoms with E-state index >= 15 is 0 Å². The number of amides is 2. The lowest BCUT2D eigenvalue weighted by Crippen LogP contribution is -2.44. The molecule has 0 aromatic heterocycles. The first-order valence-corrected chi connectivity index (χ1v) is 9.73. The zero-order valence-electron chi connectivity index (χ0n) is 17.0. The van der Waals surface area contributed by atoms with Crippen molar-refractivity contribution in [2.24, 2.45) is 0 Å². The van der Waals surface area contributed by atoms with E-state index in [2.05, 4.69) is 0 Å². The van der Waals surface area contributed by atoms with Crippen LogP contribution < -0.4 is 4.90 Å². The van der Waals surface area contributed by atoms with Gasteiger partial charge in [0.1, 0.15) is 6.54 Å². The molecule has 2 aromatic rings. The number of likely N-dealkylation sites (N-methyl/N-ethyl adjacent to an activating group) is 1. The largest absolute Gasteiger partial charge is 0.480 e. The molecule has 0 saturated heterocycles. The second kappa shape index (κ2) is 8.92. The zero-order valence-corrected chi connectivity index (χ0v) is 17.0.